The summed E-state index contributed by atoms with van der Waals surface area (Å²) in [4.78, 5) is 21.0. The van der Waals surface area contributed by atoms with Crippen molar-refractivity contribution < 1.29 is 9.90 Å². The van der Waals surface area contributed by atoms with Crippen molar-refractivity contribution in [1.82, 2.24) is 20.1 Å². The van der Waals surface area contributed by atoms with Crippen molar-refractivity contribution in [2.45, 2.75) is 6.42 Å². The summed E-state index contributed by atoms with van der Waals surface area (Å²) in [7, 11) is 0. The lowest BCUT2D eigenvalue weighted by atomic mass is 10.3. The van der Waals surface area contributed by atoms with E-state index in [1.165, 1.54) is 4.70 Å². The number of carbonyl (C=O) groups excluding carboxylic acids is 1. The molecule has 0 bridgehead atoms. The molecule has 130 valence electrons. The van der Waals surface area contributed by atoms with Crippen molar-refractivity contribution in [2.24, 2.45) is 0 Å². The number of hydrogen-bond acceptors (Lipinski definition) is 6. The molecule has 1 saturated heterocycles. The Labute approximate surface area is 146 Å². The molecule has 2 aromatic rings. The Bertz CT molecular complexity index is 634. The van der Waals surface area contributed by atoms with Gasteiger partial charge in [-0.05, 0) is 12.1 Å². The summed E-state index contributed by atoms with van der Waals surface area (Å²) in [5.74, 6) is 0.0757. The van der Waals surface area contributed by atoms with E-state index >= 15 is 0 Å². The molecule has 1 aliphatic rings. The lowest BCUT2D eigenvalue weighted by Crippen LogP contribution is -2.50. The van der Waals surface area contributed by atoms with Crippen LogP contribution in [-0.2, 0) is 11.2 Å². The molecule has 0 aliphatic carbocycles. The highest BCUT2D eigenvalue weighted by atomic mass is 32.1. The number of rotatable bonds is 7. The summed E-state index contributed by atoms with van der Waals surface area (Å²) in [6.45, 7) is 5.60. The summed E-state index contributed by atoms with van der Waals surface area (Å²) < 4.78 is 1.19. The number of fused-ring (bicyclic) bond motifs is 1. The molecule has 1 amide bonds. The Morgan fingerprint density at radius 2 is 1.96 bits per heavy atom. The van der Waals surface area contributed by atoms with E-state index < -0.39 is 0 Å². The molecule has 1 aromatic heterocycles. The molecule has 2 heterocycles. The lowest BCUT2D eigenvalue weighted by molar-refractivity contribution is -0.122. The maximum absolute atomic E-state index is 12.1. The van der Waals surface area contributed by atoms with E-state index in [0.29, 0.717) is 13.1 Å². The fraction of sp³-hybridized carbons (Fsp3) is 0.529. The number of amides is 1. The molecule has 7 heteroatoms. The van der Waals surface area contributed by atoms with Crippen LogP contribution in [0.1, 0.15) is 5.01 Å². The van der Waals surface area contributed by atoms with Gasteiger partial charge in [0.2, 0.25) is 5.91 Å². The average molecular weight is 348 g/mol. The van der Waals surface area contributed by atoms with Crippen molar-refractivity contribution in [3.05, 3.63) is 29.3 Å². The minimum Gasteiger partial charge on any atom is -0.395 e. The predicted molar refractivity (Wildman–Crippen MR) is 96.3 cm³/mol. The number of aliphatic hydroxyl groups excluding tert-OH is 1. The topological polar surface area (TPSA) is 68.7 Å². The minimum atomic E-state index is 0.0757. The molecule has 3 rings (SSSR count). The lowest BCUT2D eigenvalue weighted by Gasteiger charge is -2.33. The third kappa shape index (κ3) is 4.73. The Balaban J connectivity index is 1.37. The van der Waals surface area contributed by atoms with Crippen LogP contribution in [0.15, 0.2) is 24.3 Å². The molecule has 1 aliphatic heterocycles. The smallest absolute Gasteiger partial charge is 0.234 e. The number of thiazole rings is 1. The molecular formula is C17H24N4O2S. The highest BCUT2D eigenvalue weighted by molar-refractivity contribution is 7.18. The van der Waals surface area contributed by atoms with Crippen LogP contribution in [0, 0.1) is 0 Å². The first-order valence-corrected chi connectivity index (χ1v) is 9.23. The van der Waals surface area contributed by atoms with E-state index in [1.54, 1.807) is 11.3 Å². The number of aromatic nitrogens is 1. The van der Waals surface area contributed by atoms with Gasteiger partial charge in [0.15, 0.2) is 0 Å². The predicted octanol–water partition coefficient (Wildman–Crippen LogP) is 0.565. The van der Waals surface area contributed by atoms with E-state index in [1.807, 2.05) is 18.2 Å². The fourth-order valence-electron chi connectivity index (χ4n) is 2.91. The van der Waals surface area contributed by atoms with Gasteiger partial charge >= 0.3 is 0 Å². The minimum absolute atomic E-state index is 0.0757. The first-order chi connectivity index (χ1) is 11.7. The molecule has 0 spiro atoms. The normalized spacial score (nSPS) is 16.5. The fourth-order valence-corrected chi connectivity index (χ4v) is 3.87. The van der Waals surface area contributed by atoms with Gasteiger partial charge in [-0.25, -0.2) is 4.98 Å². The Morgan fingerprint density at radius 1 is 1.21 bits per heavy atom. The third-order valence-electron chi connectivity index (χ3n) is 4.25. The van der Waals surface area contributed by atoms with Gasteiger partial charge in [0, 0.05) is 45.7 Å². The molecule has 0 saturated carbocycles. The van der Waals surface area contributed by atoms with Gasteiger partial charge in [-0.15, -0.1) is 11.3 Å². The highest BCUT2D eigenvalue weighted by Crippen LogP contribution is 2.21. The molecule has 1 fully saturated rings. The highest BCUT2D eigenvalue weighted by Gasteiger charge is 2.18. The number of nitrogens with zero attached hydrogens (tertiary/aromatic N) is 3. The van der Waals surface area contributed by atoms with Crippen LogP contribution in [0.5, 0.6) is 0 Å². The van der Waals surface area contributed by atoms with Crippen LogP contribution >= 0.6 is 11.3 Å². The SMILES string of the molecule is O=C(CN1CCN(CCO)CC1)NCCc1nc2ccccc2s1. The second-order valence-corrected chi connectivity index (χ2v) is 7.13. The molecule has 6 nitrogen and oxygen atoms in total. The summed E-state index contributed by atoms with van der Waals surface area (Å²) >= 11 is 1.69. The third-order valence-corrected chi connectivity index (χ3v) is 5.34. The molecule has 1 aromatic carbocycles. The van der Waals surface area contributed by atoms with Crippen molar-refractivity contribution >= 4 is 27.5 Å². The van der Waals surface area contributed by atoms with Crippen molar-refractivity contribution in [3.8, 4) is 0 Å². The van der Waals surface area contributed by atoms with Crippen LogP contribution in [0.3, 0.4) is 0 Å². The Hall–Kier alpha value is -1.54. The van der Waals surface area contributed by atoms with E-state index in [4.69, 9.17) is 5.11 Å². The number of nitrogens with one attached hydrogen (secondary N) is 1. The number of para-hydroxylation sites is 1. The van der Waals surface area contributed by atoms with Crippen LogP contribution < -0.4 is 5.32 Å². The van der Waals surface area contributed by atoms with Crippen molar-refractivity contribution in [1.29, 1.82) is 0 Å². The number of carbonyl (C=O) groups is 1. The van der Waals surface area contributed by atoms with Gasteiger partial charge in [0.1, 0.15) is 0 Å². The van der Waals surface area contributed by atoms with Gasteiger partial charge in [0.05, 0.1) is 28.4 Å². The Kier molecular flexibility index (Phi) is 6.14. The number of aliphatic hydroxyl groups is 1. The van der Waals surface area contributed by atoms with Crippen LogP contribution in [-0.4, -0.2) is 78.2 Å². The summed E-state index contributed by atoms with van der Waals surface area (Å²) in [6.07, 6.45) is 0.773. The summed E-state index contributed by atoms with van der Waals surface area (Å²) in [5, 5.41) is 13.0. The zero-order valence-corrected chi connectivity index (χ0v) is 14.6. The van der Waals surface area contributed by atoms with Gasteiger partial charge in [-0.2, -0.15) is 0 Å². The van der Waals surface area contributed by atoms with E-state index in [2.05, 4.69) is 26.2 Å². The number of hydrogen-bond donors (Lipinski definition) is 2. The molecule has 0 atom stereocenters. The van der Waals surface area contributed by atoms with Crippen molar-refractivity contribution in [3.63, 3.8) is 0 Å². The first-order valence-electron chi connectivity index (χ1n) is 8.41. The van der Waals surface area contributed by atoms with E-state index in [-0.39, 0.29) is 12.5 Å². The van der Waals surface area contributed by atoms with E-state index in [0.717, 1.165) is 49.7 Å². The maximum Gasteiger partial charge on any atom is 0.234 e. The quantitative estimate of drug-likeness (QED) is 0.765. The second-order valence-electron chi connectivity index (χ2n) is 6.02. The van der Waals surface area contributed by atoms with Crippen LogP contribution in [0.2, 0.25) is 0 Å². The largest absolute Gasteiger partial charge is 0.395 e. The maximum atomic E-state index is 12.1. The first kappa shape index (κ1) is 17.3. The van der Waals surface area contributed by atoms with Crippen molar-refractivity contribution in [2.75, 3.05) is 52.4 Å². The molecule has 24 heavy (non-hydrogen) atoms. The van der Waals surface area contributed by atoms with Gasteiger partial charge in [-0.3, -0.25) is 14.6 Å². The number of benzene rings is 1. The summed E-state index contributed by atoms with van der Waals surface area (Å²) in [6, 6.07) is 8.11. The number of β-amino-alcohol motifs (C(OH)–C–C–N with tert-alkyl or cyclic N) is 1. The molecular weight excluding hydrogens is 324 g/mol. The van der Waals surface area contributed by atoms with Gasteiger partial charge in [0.25, 0.3) is 0 Å². The number of piperazine rings is 1. The molecule has 2 N–H and O–H groups in total. The van der Waals surface area contributed by atoms with E-state index in [9.17, 15) is 4.79 Å². The van der Waals surface area contributed by atoms with Crippen LogP contribution in [0.25, 0.3) is 10.2 Å². The van der Waals surface area contributed by atoms with Gasteiger partial charge in [-0.1, -0.05) is 12.1 Å². The average Bonchev–Trinajstić information content (AvgIpc) is 2.99. The second kappa shape index (κ2) is 8.53. The van der Waals surface area contributed by atoms with Gasteiger partial charge < -0.3 is 10.4 Å². The molecule has 0 unspecified atom stereocenters. The zero-order valence-electron chi connectivity index (χ0n) is 13.8. The standard InChI is InChI=1S/C17H24N4O2S/c22-12-11-20-7-9-21(10-8-20)13-16(23)18-6-5-17-19-14-3-1-2-4-15(14)24-17/h1-4,22H,5-13H2,(H,18,23). The zero-order chi connectivity index (χ0) is 16.8. The summed E-state index contributed by atoms with van der Waals surface area (Å²) in [5.41, 5.74) is 1.03. The monoisotopic (exact) mass is 348 g/mol. The Morgan fingerprint density at radius 3 is 2.71 bits per heavy atom. The molecule has 0 radical (unpaired) electrons. The van der Waals surface area contributed by atoms with Crippen LogP contribution in [0.4, 0.5) is 0 Å².